The average Bonchev–Trinajstić information content (AvgIpc) is 2.96. The van der Waals surface area contributed by atoms with E-state index in [0.29, 0.717) is 0 Å². The van der Waals surface area contributed by atoms with Gasteiger partial charge in [0.15, 0.2) is 5.75 Å². The second kappa shape index (κ2) is 6.11. The Bertz CT molecular complexity index is 1110. The van der Waals surface area contributed by atoms with Crippen molar-refractivity contribution in [2.24, 2.45) is 0 Å². The predicted molar refractivity (Wildman–Crippen MR) is 79.0 cm³/mol. The van der Waals surface area contributed by atoms with E-state index in [9.17, 15) is 34.8 Å². The van der Waals surface area contributed by atoms with Crippen LogP contribution in [0.15, 0.2) is 42.9 Å². The van der Waals surface area contributed by atoms with E-state index in [1.807, 2.05) is 0 Å². The number of pyridine rings is 2. The zero-order chi connectivity index (χ0) is 20.0. The summed E-state index contributed by atoms with van der Waals surface area (Å²) in [6, 6.07) is 4.17. The Morgan fingerprint density at radius 1 is 1.04 bits per heavy atom. The third-order valence-electron chi connectivity index (χ3n) is 3.34. The molecule has 0 aliphatic heterocycles. The number of fused-ring (bicyclic) bond motifs is 1. The fourth-order valence-corrected chi connectivity index (χ4v) is 2.61. The van der Waals surface area contributed by atoms with Crippen LogP contribution in [0, 0.1) is 0 Å². The van der Waals surface area contributed by atoms with E-state index >= 15 is 0 Å². The Kier molecular flexibility index (Phi) is 4.29. The molecule has 0 atom stereocenters. The zero-order valence-electron chi connectivity index (χ0n) is 12.8. The molecule has 144 valence electrons. The lowest BCUT2D eigenvalue weighted by molar-refractivity contribution is -0.141. The summed E-state index contributed by atoms with van der Waals surface area (Å²) in [5, 5.41) is 3.80. The van der Waals surface area contributed by atoms with Crippen LogP contribution in [0.4, 0.5) is 26.3 Å². The molecule has 27 heavy (non-hydrogen) atoms. The van der Waals surface area contributed by atoms with Gasteiger partial charge in [-0.15, -0.1) is 0 Å². The molecule has 0 radical (unpaired) electrons. The first-order chi connectivity index (χ1) is 12.4. The minimum atomic E-state index is -5.86. The summed E-state index contributed by atoms with van der Waals surface area (Å²) in [5.74, 6) is -0.666. The Morgan fingerprint density at radius 3 is 2.37 bits per heavy atom. The van der Waals surface area contributed by atoms with E-state index < -0.39 is 33.2 Å². The summed E-state index contributed by atoms with van der Waals surface area (Å²) in [4.78, 5) is 3.23. The van der Waals surface area contributed by atoms with Gasteiger partial charge in [-0.3, -0.25) is 4.98 Å². The second-order valence-electron chi connectivity index (χ2n) is 5.16. The first-order valence-electron chi connectivity index (χ1n) is 6.90. The van der Waals surface area contributed by atoms with Crippen molar-refractivity contribution in [2.75, 3.05) is 0 Å². The van der Waals surface area contributed by atoms with Crippen molar-refractivity contribution in [3.8, 4) is 16.9 Å². The maximum Gasteiger partial charge on any atom is 0.534 e. The van der Waals surface area contributed by atoms with E-state index in [2.05, 4.69) is 14.3 Å². The number of rotatable bonds is 3. The highest BCUT2D eigenvalue weighted by atomic mass is 32.2. The van der Waals surface area contributed by atoms with Crippen molar-refractivity contribution in [2.45, 2.75) is 11.7 Å². The third-order valence-corrected chi connectivity index (χ3v) is 4.32. The van der Waals surface area contributed by atoms with Crippen LogP contribution in [0.3, 0.4) is 0 Å². The van der Waals surface area contributed by atoms with E-state index in [-0.39, 0.29) is 16.6 Å². The van der Waals surface area contributed by atoms with Crippen LogP contribution in [0.2, 0.25) is 0 Å². The molecule has 0 spiro atoms. The van der Waals surface area contributed by atoms with E-state index in [1.165, 1.54) is 12.3 Å². The molecule has 6 nitrogen and oxygen atoms in total. The van der Waals surface area contributed by atoms with E-state index in [1.54, 1.807) is 0 Å². The van der Waals surface area contributed by atoms with Crippen LogP contribution in [-0.2, 0) is 16.3 Å². The molecule has 0 N–H and O–H groups in total. The lowest BCUT2D eigenvalue weighted by atomic mass is 10.1. The van der Waals surface area contributed by atoms with Crippen LogP contribution in [0.25, 0.3) is 16.6 Å². The summed E-state index contributed by atoms with van der Waals surface area (Å²) < 4.78 is 102. The summed E-state index contributed by atoms with van der Waals surface area (Å²) >= 11 is 0. The SMILES string of the molecule is O=S(=O)(Oc1ccc2c(-c3ccnc(C(F)(F)F)c3)cnn2c1)C(F)(F)F. The van der Waals surface area contributed by atoms with Gasteiger partial charge < -0.3 is 4.18 Å². The maximum absolute atomic E-state index is 12.8. The number of nitrogens with zero attached hydrogens (tertiary/aromatic N) is 3. The van der Waals surface area contributed by atoms with E-state index in [0.717, 1.165) is 35.1 Å². The topological polar surface area (TPSA) is 73.6 Å². The lowest BCUT2D eigenvalue weighted by Crippen LogP contribution is -2.28. The molecule has 0 amide bonds. The van der Waals surface area contributed by atoms with Crippen molar-refractivity contribution in [1.29, 1.82) is 0 Å². The second-order valence-corrected chi connectivity index (χ2v) is 6.70. The number of alkyl halides is 6. The van der Waals surface area contributed by atoms with Crippen molar-refractivity contribution >= 4 is 15.6 Å². The number of aromatic nitrogens is 3. The molecule has 0 aliphatic rings. The highest BCUT2D eigenvalue weighted by Crippen LogP contribution is 2.33. The standard InChI is InChI=1S/C14H7F6N3O3S/c15-13(16,17)12-5-8(3-4-21-12)10-6-22-23-7-9(1-2-11(10)23)26-27(24,25)14(18,19)20/h1-7H. The summed E-state index contributed by atoms with van der Waals surface area (Å²) in [6.07, 6.45) is -1.68. The minimum absolute atomic E-state index is 0.115. The van der Waals surface area contributed by atoms with Gasteiger partial charge >= 0.3 is 21.8 Å². The molecule has 3 aromatic rings. The molecule has 0 unspecified atom stereocenters. The van der Waals surface area contributed by atoms with Crippen LogP contribution in [-0.4, -0.2) is 28.5 Å². The molecule has 0 aliphatic carbocycles. The molecule has 0 aromatic carbocycles. The molecule has 0 fully saturated rings. The van der Waals surface area contributed by atoms with Crippen LogP contribution < -0.4 is 4.18 Å². The molecule has 3 rings (SSSR count). The van der Waals surface area contributed by atoms with Crippen LogP contribution >= 0.6 is 0 Å². The first kappa shape index (κ1) is 18.9. The Morgan fingerprint density at radius 2 is 1.74 bits per heavy atom. The molecule has 3 heterocycles. The van der Waals surface area contributed by atoms with Crippen molar-refractivity contribution in [1.82, 2.24) is 14.6 Å². The Labute approximate surface area is 147 Å². The molecular weight excluding hydrogens is 404 g/mol. The van der Waals surface area contributed by atoms with Gasteiger partial charge in [0.2, 0.25) is 0 Å². The highest BCUT2D eigenvalue weighted by Gasteiger charge is 2.48. The fourth-order valence-electron chi connectivity index (χ4n) is 2.16. The normalized spacial score (nSPS) is 13.1. The predicted octanol–water partition coefficient (Wildman–Crippen LogP) is 3.64. The molecular formula is C14H7F6N3O3S. The Hall–Kier alpha value is -2.83. The number of halogens is 6. The first-order valence-corrected chi connectivity index (χ1v) is 8.31. The van der Waals surface area contributed by atoms with Crippen molar-refractivity contribution in [3.05, 3.63) is 48.5 Å². The number of hydrogen-bond acceptors (Lipinski definition) is 5. The van der Waals surface area contributed by atoms with Gasteiger partial charge in [0, 0.05) is 11.8 Å². The van der Waals surface area contributed by atoms with Gasteiger partial charge in [-0.25, -0.2) is 4.52 Å². The van der Waals surface area contributed by atoms with Gasteiger partial charge in [-0.05, 0) is 29.8 Å². The molecule has 0 saturated heterocycles. The molecule has 13 heteroatoms. The summed E-state index contributed by atoms with van der Waals surface area (Å²) in [5.41, 5.74) is -6.18. The van der Waals surface area contributed by atoms with Gasteiger partial charge in [0.25, 0.3) is 0 Å². The smallest absolute Gasteiger partial charge is 0.374 e. The summed E-state index contributed by atoms with van der Waals surface area (Å²) in [7, 11) is -5.86. The van der Waals surface area contributed by atoms with Gasteiger partial charge in [0.1, 0.15) is 5.69 Å². The summed E-state index contributed by atoms with van der Waals surface area (Å²) in [6.45, 7) is 0. The molecule has 0 bridgehead atoms. The largest absolute Gasteiger partial charge is 0.534 e. The monoisotopic (exact) mass is 411 g/mol. The minimum Gasteiger partial charge on any atom is -0.374 e. The molecule has 0 saturated carbocycles. The fraction of sp³-hybridized carbons (Fsp3) is 0.143. The lowest BCUT2D eigenvalue weighted by Gasteiger charge is -2.09. The van der Waals surface area contributed by atoms with Crippen molar-refractivity contribution < 1.29 is 38.9 Å². The molecule has 3 aromatic heterocycles. The number of hydrogen-bond donors (Lipinski definition) is 0. The van der Waals surface area contributed by atoms with Gasteiger partial charge in [0.05, 0.1) is 17.9 Å². The van der Waals surface area contributed by atoms with Gasteiger partial charge in [-0.2, -0.15) is 39.9 Å². The van der Waals surface area contributed by atoms with Gasteiger partial charge in [-0.1, -0.05) is 0 Å². The van der Waals surface area contributed by atoms with Crippen LogP contribution in [0.5, 0.6) is 5.75 Å². The quantitative estimate of drug-likeness (QED) is 0.374. The average molecular weight is 411 g/mol. The van der Waals surface area contributed by atoms with Crippen LogP contribution in [0.1, 0.15) is 5.69 Å². The zero-order valence-corrected chi connectivity index (χ0v) is 13.6. The van der Waals surface area contributed by atoms with E-state index in [4.69, 9.17) is 0 Å². The van der Waals surface area contributed by atoms with Crippen molar-refractivity contribution in [3.63, 3.8) is 0 Å². The maximum atomic E-state index is 12.8. The third kappa shape index (κ3) is 3.67. The Balaban J connectivity index is 2.00. The highest BCUT2D eigenvalue weighted by molar-refractivity contribution is 7.88.